The summed E-state index contributed by atoms with van der Waals surface area (Å²) in [5.74, 6) is 0.286. The number of pyridine rings is 1. The summed E-state index contributed by atoms with van der Waals surface area (Å²) in [6.45, 7) is 1.79. The highest BCUT2D eigenvalue weighted by molar-refractivity contribution is 5.89. The Morgan fingerprint density at radius 2 is 2.32 bits per heavy atom. The van der Waals surface area contributed by atoms with Crippen LogP contribution in [0.15, 0.2) is 37.1 Å². The molecule has 0 radical (unpaired) electrons. The molecule has 8 heteroatoms. The fraction of sp³-hybridized carbons (Fsp3) is 0.412. The van der Waals surface area contributed by atoms with E-state index in [1.54, 1.807) is 41.5 Å². The Morgan fingerprint density at radius 3 is 3.08 bits per heavy atom. The zero-order valence-corrected chi connectivity index (χ0v) is 14.1. The lowest BCUT2D eigenvalue weighted by Crippen LogP contribution is -2.33. The molecule has 1 N–H and O–H groups in total. The van der Waals surface area contributed by atoms with E-state index in [2.05, 4.69) is 15.3 Å². The molecule has 8 nitrogen and oxygen atoms in total. The van der Waals surface area contributed by atoms with Crippen molar-refractivity contribution < 1.29 is 14.3 Å². The van der Waals surface area contributed by atoms with Gasteiger partial charge in [0.05, 0.1) is 12.5 Å². The van der Waals surface area contributed by atoms with Gasteiger partial charge in [0.25, 0.3) is 0 Å². The Balaban J connectivity index is 1.59. The van der Waals surface area contributed by atoms with Crippen LogP contribution < -0.4 is 5.32 Å². The SMILES string of the molecule is COCCN1CC(C(=O)NCc2cccnc2-n2ccnc2)CC1=O. The second-order valence-corrected chi connectivity index (χ2v) is 5.91. The van der Waals surface area contributed by atoms with Crippen LogP contribution in [0.4, 0.5) is 0 Å². The van der Waals surface area contributed by atoms with Crippen LogP contribution in [0.3, 0.4) is 0 Å². The lowest BCUT2D eigenvalue weighted by atomic mass is 10.1. The average molecular weight is 343 g/mol. The third-order valence-corrected chi connectivity index (χ3v) is 4.22. The molecule has 0 aromatic carbocycles. The number of amides is 2. The monoisotopic (exact) mass is 343 g/mol. The van der Waals surface area contributed by atoms with E-state index in [9.17, 15) is 9.59 Å². The van der Waals surface area contributed by atoms with Crippen molar-refractivity contribution in [2.75, 3.05) is 26.8 Å². The number of hydrogen-bond acceptors (Lipinski definition) is 5. The van der Waals surface area contributed by atoms with Crippen molar-refractivity contribution in [3.05, 3.63) is 42.6 Å². The standard InChI is InChI=1S/C17H21N5O3/c1-25-8-7-21-11-14(9-15(21)23)17(24)20-10-13-3-2-4-19-16(13)22-6-5-18-12-22/h2-6,12,14H,7-11H2,1H3,(H,20,24). The minimum atomic E-state index is -0.322. The highest BCUT2D eigenvalue weighted by Gasteiger charge is 2.33. The summed E-state index contributed by atoms with van der Waals surface area (Å²) in [6.07, 6.45) is 7.09. The summed E-state index contributed by atoms with van der Waals surface area (Å²) in [4.78, 5) is 34.4. The van der Waals surface area contributed by atoms with E-state index in [0.717, 1.165) is 11.4 Å². The molecule has 1 fully saturated rings. The Hall–Kier alpha value is -2.74. The van der Waals surface area contributed by atoms with Gasteiger partial charge in [0.2, 0.25) is 11.8 Å². The number of imidazole rings is 1. The molecular formula is C17H21N5O3. The third-order valence-electron chi connectivity index (χ3n) is 4.22. The normalized spacial score (nSPS) is 17.1. The molecule has 2 aromatic rings. The van der Waals surface area contributed by atoms with Crippen LogP contribution in [0.2, 0.25) is 0 Å². The Kier molecular flexibility index (Phi) is 5.39. The summed E-state index contributed by atoms with van der Waals surface area (Å²) < 4.78 is 6.79. The lowest BCUT2D eigenvalue weighted by molar-refractivity contribution is -0.129. The number of nitrogens with zero attached hydrogens (tertiary/aromatic N) is 4. The molecule has 1 atom stereocenters. The molecule has 1 aliphatic rings. The predicted molar refractivity (Wildman–Crippen MR) is 89.8 cm³/mol. The average Bonchev–Trinajstić information content (AvgIpc) is 3.28. The van der Waals surface area contributed by atoms with Crippen LogP contribution in [0.1, 0.15) is 12.0 Å². The number of rotatable bonds is 7. The summed E-state index contributed by atoms with van der Waals surface area (Å²) in [6, 6.07) is 3.74. The number of carbonyl (C=O) groups excluding carboxylic acids is 2. The van der Waals surface area contributed by atoms with Gasteiger partial charge in [-0.1, -0.05) is 6.07 Å². The van der Waals surface area contributed by atoms with Crippen molar-refractivity contribution in [2.24, 2.45) is 5.92 Å². The first-order valence-corrected chi connectivity index (χ1v) is 8.15. The zero-order chi connectivity index (χ0) is 17.6. The molecular weight excluding hydrogens is 322 g/mol. The van der Waals surface area contributed by atoms with Crippen LogP contribution >= 0.6 is 0 Å². The second kappa shape index (κ2) is 7.89. The van der Waals surface area contributed by atoms with E-state index in [1.165, 1.54) is 0 Å². The van der Waals surface area contributed by atoms with Gasteiger partial charge in [0.1, 0.15) is 12.1 Å². The molecule has 1 aliphatic heterocycles. The van der Waals surface area contributed by atoms with E-state index >= 15 is 0 Å². The zero-order valence-electron chi connectivity index (χ0n) is 14.1. The summed E-state index contributed by atoms with van der Waals surface area (Å²) in [7, 11) is 1.59. The van der Waals surface area contributed by atoms with Crippen LogP contribution in [0.25, 0.3) is 5.82 Å². The van der Waals surface area contributed by atoms with Gasteiger partial charge >= 0.3 is 0 Å². The van der Waals surface area contributed by atoms with Gasteiger partial charge in [0.15, 0.2) is 0 Å². The molecule has 1 unspecified atom stereocenters. The molecule has 3 heterocycles. The predicted octanol–water partition coefficient (Wildman–Crippen LogP) is 0.378. The lowest BCUT2D eigenvalue weighted by Gasteiger charge is -2.16. The van der Waals surface area contributed by atoms with Gasteiger partial charge in [0, 0.05) is 57.3 Å². The van der Waals surface area contributed by atoms with Gasteiger partial charge in [-0.15, -0.1) is 0 Å². The number of carbonyl (C=O) groups is 2. The van der Waals surface area contributed by atoms with Crippen LogP contribution in [0, 0.1) is 5.92 Å². The highest BCUT2D eigenvalue weighted by atomic mass is 16.5. The number of hydrogen-bond donors (Lipinski definition) is 1. The van der Waals surface area contributed by atoms with E-state index < -0.39 is 0 Å². The smallest absolute Gasteiger partial charge is 0.225 e. The summed E-state index contributed by atoms with van der Waals surface area (Å²) >= 11 is 0. The molecule has 0 bridgehead atoms. The number of likely N-dealkylation sites (tertiary alicyclic amines) is 1. The Bertz CT molecular complexity index is 732. The first kappa shape index (κ1) is 17.1. The molecule has 1 saturated heterocycles. The Labute approximate surface area is 145 Å². The minimum Gasteiger partial charge on any atom is -0.383 e. The maximum absolute atomic E-state index is 12.4. The van der Waals surface area contributed by atoms with Crippen molar-refractivity contribution >= 4 is 11.8 Å². The maximum Gasteiger partial charge on any atom is 0.225 e. The summed E-state index contributed by atoms with van der Waals surface area (Å²) in [5, 5.41) is 2.92. The van der Waals surface area contributed by atoms with Crippen molar-refractivity contribution in [3.8, 4) is 5.82 Å². The first-order chi connectivity index (χ1) is 12.2. The minimum absolute atomic E-state index is 0.00215. The maximum atomic E-state index is 12.4. The molecule has 0 spiro atoms. The van der Waals surface area contributed by atoms with Crippen LogP contribution in [0.5, 0.6) is 0 Å². The van der Waals surface area contributed by atoms with Gasteiger partial charge < -0.3 is 15.0 Å². The van der Waals surface area contributed by atoms with Gasteiger partial charge in [-0.3, -0.25) is 14.2 Å². The molecule has 0 saturated carbocycles. The molecule has 3 rings (SSSR count). The topological polar surface area (TPSA) is 89.3 Å². The van der Waals surface area contributed by atoms with Gasteiger partial charge in [-0.05, 0) is 6.07 Å². The van der Waals surface area contributed by atoms with E-state index in [4.69, 9.17) is 4.74 Å². The van der Waals surface area contributed by atoms with E-state index in [0.29, 0.717) is 26.2 Å². The fourth-order valence-electron chi connectivity index (χ4n) is 2.88. The highest BCUT2D eigenvalue weighted by Crippen LogP contribution is 2.18. The van der Waals surface area contributed by atoms with Crippen molar-refractivity contribution in [3.63, 3.8) is 0 Å². The quantitative estimate of drug-likeness (QED) is 0.785. The van der Waals surface area contributed by atoms with Crippen molar-refractivity contribution in [1.82, 2.24) is 24.8 Å². The largest absolute Gasteiger partial charge is 0.383 e. The van der Waals surface area contributed by atoms with Gasteiger partial charge in [-0.2, -0.15) is 0 Å². The number of ether oxygens (including phenoxy) is 1. The molecule has 132 valence electrons. The molecule has 2 aromatic heterocycles. The number of nitrogens with one attached hydrogen (secondary N) is 1. The van der Waals surface area contributed by atoms with Gasteiger partial charge in [-0.25, -0.2) is 9.97 Å². The van der Waals surface area contributed by atoms with Crippen LogP contribution in [-0.2, 0) is 20.9 Å². The number of methoxy groups -OCH3 is 1. The van der Waals surface area contributed by atoms with Crippen molar-refractivity contribution in [1.29, 1.82) is 0 Å². The molecule has 2 amide bonds. The molecule has 0 aliphatic carbocycles. The van der Waals surface area contributed by atoms with Crippen LogP contribution in [-0.4, -0.2) is 58.1 Å². The second-order valence-electron chi connectivity index (χ2n) is 5.91. The number of aromatic nitrogens is 3. The fourth-order valence-corrected chi connectivity index (χ4v) is 2.88. The van der Waals surface area contributed by atoms with E-state index in [-0.39, 0.29) is 24.2 Å². The third kappa shape index (κ3) is 4.03. The van der Waals surface area contributed by atoms with E-state index in [1.807, 2.05) is 12.1 Å². The van der Waals surface area contributed by atoms with Crippen molar-refractivity contribution in [2.45, 2.75) is 13.0 Å². The molecule has 25 heavy (non-hydrogen) atoms. The Morgan fingerprint density at radius 1 is 1.44 bits per heavy atom. The first-order valence-electron chi connectivity index (χ1n) is 8.15. The summed E-state index contributed by atoms with van der Waals surface area (Å²) in [5.41, 5.74) is 0.884.